The van der Waals surface area contributed by atoms with Crippen LogP contribution in [0.25, 0.3) is 33.6 Å². The van der Waals surface area contributed by atoms with Crippen molar-refractivity contribution in [3.63, 3.8) is 0 Å². The molecule has 0 spiro atoms. The maximum atomic E-state index is 14.9. The molecule has 1 saturated carbocycles. The second-order valence-electron chi connectivity index (χ2n) is 11.4. The van der Waals surface area contributed by atoms with Crippen LogP contribution in [0, 0.1) is 5.92 Å². The first kappa shape index (κ1) is 30.2. The van der Waals surface area contributed by atoms with E-state index in [-0.39, 0.29) is 24.7 Å². The first-order valence-electron chi connectivity index (χ1n) is 14.6. The van der Waals surface area contributed by atoms with E-state index in [1.54, 1.807) is 18.2 Å². The zero-order valence-electron chi connectivity index (χ0n) is 25.0. The molecule has 4 heterocycles. The standard InChI is InChI=1S/C30H33F2N7O6/c1-36-26-21(12-19-20(34-26)9-10-38(28(19)40)15-18(13-31)33-30(42)43)35-27(36)22-11-17-5-4-6-23(24(17)39(22)14-16-7-8-16)45-25(32)29(41)37(2)44-3/h4-6,11-12,16,18,25,33H,7-10,13-15H2,1-3H3,(H,42,43)/t18-,25?/m1/s1. The van der Waals surface area contributed by atoms with E-state index in [9.17, 15) is 23.2 Å². The summed E-state index contributed by atoms with van der Waals surface area (Å²) in [4.78, 5) is 52.6. The number of para-hydroxylation sites is 1. The highest BCUT2D eigenvalue weighted by Crippen LogP contribution is 2.39. The van der Waals surface area contributed by atoms with Gasteiger partial charge in [-0.2, -0.15) is 4.39 Å². The van der Waals surface area contributed by atoms with E-state index in [1.165, 1.54) is 19.1 Å². The fraction of sp³-hybridized carbons (Fsp3) is 0.433. The van der Waals surface area contributed by atoms with Crippen molar-refractivity contribution in [1.82, 2.24) is 34.4 Å². The first-order chi connectivity index (χ1) is 21.6. The number of aryl methyl sites for hydroxylation is 1. The van der Waals surface area contributed by atoms with Crippen LogP contribution in [-0.2, 0) is 29.6 Å². The van der Waals surface area contributed by atoms with Gasteiger partial charge in [0.05, 0.1) is 35.6 Å². The molecule has 15 heteroatoms. The number of alkyl halides is 2. The Labute approximate surface area is 256 Å². The largest absolute Gasteiger partial charge is 0.465 e. The van der Waals surface area contributed by atoms with Gasteiger partial charge in [-0.15, -0.1) is 0 Å². The zero-order valence-corrected chi connectivity index (χ0v) is 25.0. The molecule has 4 aromatic rings. The number of amides is 3. The van der Waals surface area contributed by atoms with Crippen molar-refractivity contribution in [2.75, 3.05) is 33.9 Å². The number of carbonyl (C=O) groups is 3. The average Bonchev–Trinajstić information content (AvgIpc) is 3.69. The van der Waals surface area contributed by atoms with Gasteiger partial charge in [0.15, 0.2) is 11.5 Å². The van der Waals surface area contributed by atoms with Gasteiger partial charge >= 0.3 is 18.4 Å². The van der Waals surface area contributed by atoms with Crippen LogP contribution in [-0.4, -0.2) is 98.4 Å². The second kappa shape index (κ2) is 12.0. The minimum absolute atomic E-state index is 0.106. The number of hydrogen-bond acceptors (Lipinski definition) is 7. The quantitative estimate of drug-likeness (QED) is 0.242. The molecule has 1 unspecified atom stereocenters. The van der Waals surface area contributed by atoms with E-state index in [0.717, 1.165) is 29.0 Å². The molecule has 1 aliphatic carbocycles. The summed E-state index contributed by atoms with van der Waals surface area (Å²) < 4.78 is 37.8. The third-order valence-electron chi connectivity index (χ3n) is 8.27. The first-order valence-corrected chi connectivity index (χ1v) is 14.6. The number of rotatable bonds is 11. The maximum absolute atomic E-state index is 14.9. The Morgan fingerprint density at radius 3 is 2.71 bits per heavy atom. The maximum Gasteiger partial charge on any atom is 0.405 e. The van der Waals surface area contributed by atoms with Gasteiger partial charge in [-0.1, -0.05) is 12.1 Å². The molecule has 0 radical (unpaired) electrons. The van der Waals surface area contributed by atoms with Gasteiger partial charge < -0.3 is 29.2 Å². The van der Waals surface area contributed by atoms with E-state index < -0.39 is 31.1 Å². The van der Waals surface area contributed by atoms with E-state index in [1.807, 2.05) is 28.3 Å². The lowest BCUT2D eigenvalue weighted by Gasteiger charge is -2.30. The molecule has 0 saturated heterocycles. The van der Waals surface area contributed by atoms with Crippen molar-refractivity contribution in [3.8, 4) is 17.3 Å². The lowest BCUT2D eigenvalue weighted by atomic mass is 10.0. The lowest BCUT2D eigenvalue weighted by Crippen LogP contribution is -2.48. The van der Waals surface area contributed by atoms with Crippen molar-refractivity contribution < 1.29 is 37.8 Å². The van der Waals surface area contributed by atoms with Gasteiger partial charge in [-0.25, -0.2) is 24.2 Å². The van der Waals surface area contributed by atoms with Crippen LogP contribution in [0.4, 0.5) is 13.6 Å². The predicted molar refractivity (Wildman–Crippen MR) is 158 cm³/mol. The van der Waals surface area contributed by atoms with Gasteiger partial charge in [-0.05, 0) is 37.0 Å². The molecular formula is C30H33F2N7O6. The minimum Gasteiger partial charge on any atom is -0.465 e. The lowest BCUT2D eigenvalue weighted by molar-refractivity contribution is -0.183. The van der Waals surface area contributed by atoms with E-state index in [4.69, 9.17) is 24.6 Å². The molecule has 1 fully saturated rings. The van der Waals surface area contributed by atoms with Gasteiger partial charge in [0.2, 0.25) is 0 Å². The molecule has 2 aliphatic rings. The number of hydroxylamine groups is 2. The van der Waals surface area contributed by atoms with E-state index in [0.29, 0.717) is 52.6 Å². The smallest absolute Gasteiger partial charge is 0.405 e. The number of pyridine rings is 1. The Hall–Kier alpha value is -4.79. The van der Waals surface area contributed by atoms with Crippen molar-refractivity contribution in [2.45, 2.75) is 38.2 Å². The minimum atomic E-state index is -2.28. The molecule has 45 heavy (non-hydrogen) atoms. The summed E-state index contributed by atoms with van der Waals surface area (Å²) in [6.07, 6.45) is -1.14. The monoisotopic (exact) mass is 625 g/mol. The highest BCUT2D eigenvalue weighted by molar-refractivity contribution is 5.99. The Kier molecular flexibility index (Phi) is 8.03. The van der Waals surface area contributed by atoms with Crippen LogP contribution in [0.5, 0.6) is 5.75 Å². The molecule has 1 aromatic carbocycles. The van der Waals surface area contributed by atoms with Crippen molar-refractivity contribution in [3.05, 3.63) is 41.6 Å². The third kappa shape index (κ3) is 5.75. The van der Waals surface area contributed by atoms with Gasteiger partial charge in [0.1, 0.15) is 17.9 Å². The summed E-state index contributed by atoms with van der Waals surface area (Å²) in [7, 11) is 4.39. The number of carboxylic acid groups (broad SMARTS) is 1. The molecule has 1 aliphatic heterocycles. The number of fused-ring (bicyclic) bond motifs is 3. The summed E-state index contributed by atoms with van der Waals surface area (Å²) in [6, 6.07) is 7.77. The number of halogens is 2. The molecule has 2 N–H and O–H groups in total. The fourth-order valence-corrected chi connectivity index (χ4v) is 5.73. The number of nitrogens with zero attached hydrogens (tertiary/aromatic N) is 6. The normalized spacial score (nSPS) is 16.1. The molecule has 2 atom stereocenters. The molecule has 3 amide bonds. The Morgan fingerprint density at radius 1 is 1.24 bits per heavy atom. The summed E-state index contributed by atoms with van der Waals surface area (Å²) in [5.41, 5.74) is 3.31. The number of nitrogens with one attached hydrogen (secondary N) is 1. The third-order valence-corrected chi connectivity index (χ3v) is 8.27. The zero-order chi connectivity index (χ0) is 32.0. The van der Waals surface area contributed by atoms with Crippen LogP contribution in [0.1, 0.15) is 28.9 Å². The number of benzene rings is 1. The number of likely N-dealkylation sites (N-methyl/N-ethyl adjacent to an activating group) is 1. The second-order valence-corrected chi connectivity index (χ2v) is 11.4. The number of aromatic nitrogens is 4. The van der Waals surface area contributed by atoms with Gasteiger partial charge in [-0.3, -0.25) is 14.4 Å². The summed E-state index contributed by atoms with van der Waals surface area (Å²) >= 11 is 0. The van der Waals surface area contributed by atoms with Gasteiger partial charge in [0, 0.05) is 45.5 Å². The van der Waals surface area contributed by atoms with Gasteiger partial charge in [0.25, 0.3) is 5.91 Å². The highest BCUT2D eigenvalue weighted by Gasteiger charge is 2.32. The average molecular weight is 626 g/mol. The van der Waals surface area contributed by atoms with Crippen LogP contribution in [0.15, 0.2) is 30.3 Å². The predicted octanol–water partition coefficient (Wildman–Crippen LogP) is 3.30. The SMILES string of the molecule is CON(C)C(=O)C(F)Oc1cccc2cc(-c3nc4cc5c(nc4n3C)CCN(C[C@@H](CF)NC(=O)O)C5=O)n(CC3CC3)c12. The molecule has 0 bridgehead atoms. The van der Waals surface area contributed by atoms with Crippen LogP contribution >= 0.6 is 0 Å². The van der Waals surface area contributed by atoms with Crippen LogP contribution in [0.2, 0.25) is 0 Å². The Balaban J connectivity index is 1.38. The molecule has 238 valence electrons. The summed E-state index contributed by atoms with van der Waals surface area (Å²) in [6.45, 7) is -0.157. The van der Waals surface area contributed by atoms with Crippen molar-refractivity contribution in [1.29, 1.82) is 0 Å². The van der Waals surface area contributed by atoms with E-state index >= 15 is 0 Å². The van der Waals surface area contributed by atoms with Crippen molar-refractivity contribution >= 4 is 40.0 Å². The molecule has 13 nitrogen and oxygen atoms in total. The summed E-state index contributed by atoms with van der Waals surface area (Å²) in [5.74, 6) is -0.161. The number of ether oxygens (including phenoxy) is 1. The summed E-state index contributed by atoms with van der Waals surface area (Å²) in [5, 5.41) is 12.6. The Bertz CT molecular complexity index is 1800. The van der Waals surface area contributed by atoms with Crippen molar-refractivity contribution in [2.24, 2.45) is 13.0 Å². The van der Waals surface area contributed by atoms with E-state index in [2.05, 4.69) is 5.32 Å². The topological polar surface area (TPSA) is 144 Å². The fourth-order valence-electron chi connectivity index (χ4n) is 5.73. The molecular weight excluding hydrogens is 592 g/mol. The highest BCUT2D eigenvalue weighted by atomic mass is 19.1. The van der Waals surface area contributed by atoms with Crippen LogP contribution in [0.3, 0.4) is 0 Å². The Morgan fingerprint density at radius 2 is 2.02 bits per heavy atom. The number of hydrogen-bond donors (Lipinski definition) is 2. The number of imidazole rings is 1. The number of carbonyl (C=O) groups excluding carboxylic acids is 2. The molecule has 6 rings (SSSR count). The molecule has 3 aromatic heterocycles. The van der Waals surface area contributed by atoms with Crippen LogP contribution < -0.4 is 10.1 Å².